The molecule has 0 atom stereocenters. The first-order chi connectivity index (χ1) is 11.3. The van der Waals surface area contributed by atoms with Crippen molar-refractivity contribution in [3.63, 3.8) is 0 Å². The van der Waals surface area contributed by atoms with Crippen LogP contribution in [-0.4, -0.2) is 22.1 Å². The highest BCUT2D eigenvalue weighted by molar-refractivity contribution is 5.85. The van der Waals surface area contributed by atoms with Gasteiger partial charge in [-0.05, 0) is 43.5 Å². The molecule has 23 heavy (non-hydrogen) atoms. The lowest BCUT2D eigenvalue weighted by Crippen LogP contribution is -2.03. The van der Waals surface area contributed by atoms with Gasteiger partial charge in [0.15, 0.2) is 0 Å². The topological polar surface area (TPSA) is 44.1 Å². The third-order valence-electron chi connectivity index (χ3n) is 3.85. The number of aromatic nitrogens is 2. The van der Waals surface area contributed by atoms with Crippen LogP contribution < -0.4 is 0 Å². The van der Waals surface area contributed by atoms with E-state index in [9.17, 15) is 4.79 Å². The molecule has 0 aliphatic rings. The molecule has 2 heterocycles. The summed E-state index contributed by atoms with van der Waals surface area (Å²) in [6.45, 7) is 2.28. The molecule has 0 fully saturated rings. The maximum absolute atomic E-state index is 11.5. The van der Waals surface area contributed by atoms with Crippen molar-refractivity contribution in [2.24, 2.45) is 0 Å². The van der Waals surface area contributed by atoms with E-state index in [0.717, 1.165) is 24.0 Å². The average Bonchev–Trinajstić information content (AvgIpc) is 2.95. The van der Waals surface area contributed by atoms with Gasteiger partial charge in [-0.2, -0.15) is 0 Å². The number of aryl methyl sites for hydroxylation is 1. The highest BCUT2D eigenvalue weighted by Gasteiger charge is 2.10. The van der Waals surface area contributed by atoms with Crippen molar-refractivity contribution in [3.8, 4) is 5.69 Å². The van der Waals surface area contributed by atoms with Gasteiger partial charge in [0.05, 0.1) is 24.0 Å². The highest BCUT2D eigenvalue weighted by atomic mass is 16.5. The van der Waals surface area contributed by atoms with Crippen LogP contribution in [0.25, 0.3) is 16.6 Å². The van der Waals surface area contributed by atoms with Gasteiger partial charge in [-0.15, -0.1) is 0 Å². The fourth-order valence-electron chi connectivity index (χ4n) is 2.82. The van der Waals surface area contributed by atoms with Gasteiger partial charge in [-0.3, -0.25) is 9.78 Å². The largest absolute Gasteiger partial charge is 0.466 e. The Morgan fingerprint density at radius 1 is 1.22 bits per heavy atom. The van der Waals surface area contributed by atoms with Crippen LogP contribution in [0.2, 0.25) is 0 Å². The zero-order valence-electron chi connectivity index (χ0n) is 13.2. The number of benzene rings is 1. The Morgan fingerprint density at radius 3 is 2.87 bits per heavy atom. The van der Waals surface area contributed by atoms with Gasteiger partial charge in [-0.25, -0.2) is 0 Å². The number of carbonyl (C=O) groups excluding carboxylic acids is 1. The quantitative estimate of drug-likeness (QED) is 0.648. The molecule has 0 spiro atoms. The van der Waals surface area contributed by atoms with Crippen LogP contribution in [0, 0.1) is 0 Å². The van der Waals surface area contributed by atoms with Crippen LogP contribution in [0.1, 0.15) is 25.3 Å². The maximum Gasteiger partial charge on any atom is 0.305 e. The molecule has 3 aromatic rings. The summed E-state index contributed by atoms with van der Waals surface area (Å²) in [5.41, 5.74) is 3.45. The third-order valence-corrected chi connectivity index (χ3v) is 3.85. The molecule has 0 unspecified atom stereocenters. The van der Waals surface area contributed by atoms with E-state index in [1.165, 1.54) is 10.9 Å². The summed E-state index contributed by atoms with van der Waals surface area (Å²) < 4.78 is 7.14. The van der Waals surface area contributed by atoms with Crippen molar-refractivity contribution in [2.45, 2.75) is 26.2 Å². The fraction of sp³-hybridized carbons (Fsp3) is 0.263. The number of hydrogen-bond donors (Lipinski definition) is 0. The second-order valence-corrected chi connectivity index (χ2v) is 5.41. The molecule has 1 aromatic carbocycles. The number of para-hydroxylation sites is 1. The minimum atomic E-state index is -0.122. The Labute approximate surface area is 135 Å². The van der Waals surface area contributed by atoms with Crippen molar-refractivity contribution in [3.05, 3.63) is 60.6 Å². The smallest absolute Gasteiger partial charge is 0.305 e. The summed E-state index contributed by atoms with van der Waals surface area (Å²) >= 11 is 0. The van der Waals surface area contributed by atoms with E-state index >= 15 is 0 Å². The predicted octanol–water partition coefficient (Wildman–Crippen LogP) is 3.91. The van der Waals surface area contributed by atoms with Crippen LogP contribution in [0.15, 0.2) is 55.0 Å². The molecule has 0 N–H and O–H groups in total. The normalized spacial score (nSPS) is 10.8. The highest BCUT2D eigenvalue weighted by Crippen LogP contribution is 2.25. The van der Waals surface area contributed by atoms with Crippen molar-refractivity contribution < 1.29 is 9.53 Å². The standard InChI is InChI=1S/C19H20N2O2/c1-2-23-19(22)11-5-7-15-14-21(16-8-6-12-20-13-16)18-10-4-3-9-17(15)18/h3-4,6,8-10,12-14H,2,5,7,11H2,1H3. The Bertz CT molecular complexity index is 793. The Balaban J connectivity index is 1.85. The summed E-state index contributed by atoms with van der Waals surface area (Å²) in [4.78, 5) is 15.7. The molecule has 118 valence electrons. The summed E-state index contributed by atoms with van der Waals surface area (Å²) in [5, 5.41) is 1.22. The molecule has 4 nitrogen and oxygen atoms in total. The predicted molar refractivity (Wildman–Crippen MR) is 90.6 cm³/mol. The number of carbonyl (C=O) groups is 1. The average molecular weight is 308 g/mol. The lowest BCUT2D eigenvalue weighted by Gasteiger charge is -2.03. The van der Waals surface area contributed by atoms with E-state index in [0.29, 0.717) is 13.0 Å². The zero-order valence-corrected chi connectivity index (χ0v) is 13.2. The fourth-order valence-corrected chi connectivity index (χ4v) is 2.82. The Kier molecular flexibility index (Phi) is 4.71. The van der Waals surface area contributed by atoms with E-state index in [-0.39, 0.29) is 5.97 Å². The van der Waals surface area contributed by atoms with Crippen LogP contribution >= 0.6 is 0 Å². The van der Waals surface area contributed by atoms with Crippen molar-refractivity contribution in [2.75, 3.05) is 6.61 Å². The zero-order chi connectivity index (χ0) is 16.1. The van der Waals surface area contributed by atoms with Crippen LogP contribution in [0.3, 0.4) is 0 Å². The second-order valence-electron chi connectivity index (χ2n) is 5.41. The Hall–Kier alpha value is -2.62. The number of esters is 1. The molecule has 0 saturated heterocycles. The van der Waals surface area contributed by atoms with Crippen LogP contribution in [0.5, 0.6) is 0 Å². The number of rotatable bonds is 6. The molecule has 0 aliphatic heterocycles. The number of fused-ring (bicyclic) bond motifs is 1. The van der Waals surface area contributed by atoms with Gasteiger partial charge in [-0.1, -0.05) is 18.2 Å². The molecule has 0 radical (unpaired) electrons. The maximum atomic E-state index is 11.5. The van der Waals surface area contributed by atoms with E-state index in [4.69, 9.17) is 4.74 Å². The van der Waals surface area contributed by atoms with Gasteiger partial charge in [0.2, 0.25) is 0 Å². The number of ether oxygens (including phenoxy) is 1. The minimum absolute atomic E-state index is 0.122. The van der Waals surface area contributed by atoms with Gasteiger partial charge in [0, 0.05) is 24.2 Å². The molecule has 0 saturated carbocycles. The molecule has 2 aromatic heterocycles. The van der Waals surface area contributed by atoms with E-state index in [1.807, 2.05) is 37.4 Å². The van der Waals surface area contributed by atoms with Crippen molar-refractivity contribution in [1.82, 2.24) is 9.55 Å². The molecule has 3 rings (SSSR count). The summed E-state index contributed by atoms with van der Waals surface area (Å²) in [5.74, 6) is -0.122. The summed E-state index contributed by atoms with van der Waals surface area (Å²) in [7, 11) is 0. The lowest BCUT2D eigenvalue weighted by atomic mass is 10.1. The number of hydrogen-bond acceptors (Lipinski definition) is 3. The molecule has 0 bridgehead atoms. The van der Waals surface area contributed by atoms with Crippen LogP contribution in [0.4, 0.5) is 0 Å². The summed E-state index contributed by atoms with van der Waals surface area (Å²) in [6.07, 6.45) is 7.88. The Morgan fingerprint density at radius 2 is 2.09 bits per heavy atom. The van der Waals surface area contributed by atoms with Gasteiger partial charge < -0.3 is 9.30 Å². The van der Waals surface area contributed by atoms with Crippen molar-refractivity contribution in [1.29, 1.82) is 0 Å². The van der Waals surface area contributed by atoms with Gasteiger partial charge >= 0.3 is 5.97 Å². The van der Waals surface area contributed by atoms with Crippen LogP contribution in [-0.2, 0) is 16.0 Å². The van der Waals surface area contributed by atoms with E-state index in [2.05, 4.69) is 27.9 Å². The molecule has 4 heteroatoms. The van der Waals surface area contributed by atoms with E-state index < -0.39 is 0 Å². The van der Waals surface area contributed by atoms with E-state index in [1.54, 1.807) is 6.20 Å². The number of pyridine rings is 1. The molecule has 0 amide bonds. The third kappa shape index (κ3) is 3.42. The summed E-state index contributed by atoms with van der Waals surface area (Å²) in [6, 6.07) is 12.3. The lowest BCUT2D eigenvalue weighted by molar-refractivity contribution is -0.143. The number of nitrogens with zero attached hydrogens (tertiary/aromatic N) is 2. The van der Waals surface area contributed by atoms with Crippen molar-refractivity contribution >= 4 is 16.9 Å². The molecule has 0 aliphatic carbocycles. The first-order valence-electron chi connectivity index (χ1n) is 7.94. The first-order valence-corrected chi connectivity index (χ1v) is 7.94. The molecular formula is C19H20N2O2. The monoisotopic (exact) mass is 308 g/mol. The SMILES string of the molecule is CCOC(=O)CCCc1cn(-c2cccnc2)c2ccccc12. The van der Waals surface area contributed by atoms with Gasteiger partial charge in [0.25, 0.3) is 0 Å². The second kappa shape index (κ2) is 7.09. The molecular weight excluding hydrogens is 288 g/mol. The minimum Gasteiger partial charge on any atom is -0.466 e. The van der Waals surface area contributed by atoms with Gasteiger partial charge in [0.1, 0.15) is 0 Å². The first kappa shape index (κ1) is 15.3.